The van der Waals surface area contributed by atoms with Crippen LogP contribution in [0, 0.1) is 5.92 Å². The van der Waals surface area contributed by atoms with Gasteiger partial charge in [-0.2, -0.15) is 0 Å². The second-order valence-electron chi connectivity index (χ2n) is 7.52. The van der Waals surface area contributed by atoms with Gasteiger partial charge in [0.05, 0.1) is 31.8 Å². The second-order valence-corrected chi connectivity index (χ2v) is 7.52. The van der Waals surface area contributed by atoms with Crippen molar-refractivity contribution in [3.63, 3.8) is 0 Å². The van der Waals surface area contributed by atoms with Crippen molar-refractivity contribution in [1.82, 2.24) is 14.5 Å². The van der Waals surface area contributed by atoms with Crippen molar-refractivity contribution in [2.75, 3.05) is 40.1 Å². The van der Waals surface area contributed by atoms with Crippen LogP contribution in [0.3, 0.4) is 0 Å². The number of nitrogens with zero attached hydrogens (tertiary/aromatic N) is 3. The summed E-state index contributed by atoms with van der Waals surface area (Å²) in [4.78, 5) is 6.82. The van der Waals surface area contributed by atoms with E-state index in [1.54, 1.807) is 7.11 Å². The molecule has 2 aromatic rings. The number of aromatic nitrogens is 2. The zero-order valence-electron chi connectivity index (χ0n) is 16.0. The van der Waals surface area contributed by atoms with E-state index in [0.29, 0.717) is 12.0 Å². The molecule has 1 fully saturated rings. The minimum atomic E-state index is 0.297. The Morgan fingerprint density at radius 2 is 2.04 bits per heavy atom. The Bertz CT molecular complexity index is 727. The molecule has 1 atom stereocenters. The predicted molar refractivity (Wildman–Crippen MR) is 103 cm³/mol. The van der Waals surface area contributed by atoms with E-state index in [9.17, 15) is 0 Å². The third-order valence-corrected chi connectivity index (χ3v) is 5.59. The molecule has 1 aromatic heterocycles. The predicted octanol–water partition coefficient (Wildman–Crippen LogP) is 2.89. The van der Waals surface area contributed by atoms with Gasteiger partial charge in [0.25, 0.3) is 0 Å². The van der Waals surface area contributed by atoms with Crippen molar-refractivity contribution in [3.8, 4) is 5.75 Å². The van der Waals surface area contributed by atoms with E-state index >= 15 is 0 Å². The van der Waals surface area contributed by atoms with E-state index in [1.165, 1.54) is 11.3 Å². The molecule has 1 unspecified atom stereocenters. The Labute approximate surface area is 161 Å². The molecule has 1 aromatic carbocycles. The number of benzene rings is 1. The molecule has 2 aliphatic heterocycles. The van der Waals surface area contributed by atoms with Crippen LogP contribution >= 0.6 is 0 Å². The van der Waals surface area contributed by atoms with E-state index in [1.807, 2.05) is 24.7 Å². The van der Waals surface area contributed by atoms with Crippen molar-refractivity contribution in [2.45, 2.75) is 32.0 Å². The molecule has 27 heavy (non-hydrogen) atoms. The fourth-order valence-corrected chi connectivity index (χ4v) is 4.07. The average Bonchev–Trinajstić information content (AvgIpc) is 3.18. The number of para-hydroxylation sites is 1. The van der Waals surface area contributed by atoms with Crippen molar-refractivity contribution >= 4 is 0 Å². The summed E-state index contributed by atoms with van der Waals surface area (Å²) in [5, 5.41) is 0. The monoisotopic (exact) mass is 371 g/mol. The molecule has 3 heterocycles. The molecule has 0 bridgehead atoms. The van der Waals surface area contributed by atoms with E-state index < -0.39 is 0 Å². The highest BCUT2D eigenvalue weighted by Gasteiger charge is 2.26. The van der Waals surface area contributed by atoms with Crippen molar-refractivity contribution in [3.05, 3.63) is 48.0 Å². The first-order valence-corrected chi connectivity index (χ1v) is 9.84. The molecule has 0 N–H and O–H groups in total. The summed E-state index contributed by atoms with van der Waals surface area (Å²) in [6.07, 6.45) is 6.14. The summed E-state index contributed by atoms with van der Waals surface area (Å²) in [6, 6.07) is 8.55. The third kappa shape index (κ3) is 4.51. The third-order valence-electron chi connectivity index (χ3n) is 5.59. The van der Waals surface area contributed by atoms with Crippen LogP contribution in [0.25, 0.3) is 0 Å². The average molecular weight is 371 g/mol. The molecule has 6 heteroatoms. The number of imidazole rings is 1. The summed E-state index contributed by atoms with van der Waals surface area (Å²) >= 11 is 0. The Morgan fingerprint density at radius 1 is 1.19 bits per heavy atom. The normalized spacial score (nSPS) is 21.1. The lowest BCUT2D eigenvalue weighted by Gasteiger charge is -2.35. The van der Waals surface area contributed by atoms with E-state index in [2.05, 4.69) is 26.6 Å². The molecule has 146 valence electrons. The molecule has 4 rings (SSSR count). The fourth-order valence-electron chi connectivity index (χ4n) is 4.07. The maximum Gasteiger partial charge on any atom is 0.123 e. The van der Waals surface area contributed by atoms with Gasteiger partial charge in [-0.15, -0.1) is 0 Å². The van der Waals surface area contributed by atoms with Crippen molar-refractivity contribution in [2.24, 2.45) is 5.92 Å². The van der Waals surface area contributed by atoms with E-state index in [0.717, 1.165) is 64.7 Å². The first-order chi connectivity index (χ1) is 13.3. The van der Waals surface area contributed by atoms with Crippen LogP contribution in [0.1, 0.15) is 30.1 Å². The molecular formula is C21H29N3O3. The maximum atomic E-state index is 6.13. The highest BCUT2D eigenvalue weighted by atomic mass is 16.5. The van der Waals surface area contributed by atoms with Crippen LogP contribution in [0.5, 0.6) is 5.75 Å². The van der Waals surface area contributed by atoms with Gasteiger partial charge in [0, 0.05) is 51.2 Å². The van der Waals surface area contributed by atoms with Crippen LogP contribution in [-0.4, -0.2) is 54.5 Å². The maximum absolute atomic E-state index is 6.13. The topological polar surface area (TPSA) is 48.8 Å². The summed E-state index contributed by atoms with van der Waals surface area (Å²) in [6.45, 7) is 6.01. The zero-order chi connectivity index (χ0) is 18.5. The molecule has 0 amide bonds. The minimum Gasteiger partial charge on any atom is -0.496 e. The zero-order valence-corrected chi connectivity index (χ0v) is 16.0. The van der Waals surface area contributed by atoms with Crippen molar-refractivity contribution < 1.29 is 14.2 Å². The first-order valence-electron chi connectivity index (χ1n) is 9.84. The van der Waals surface area contributed by atoms with Gasteiger partial charge in [-0.1, -0.05) is 18.2 Å². The van der Waals surface area contributed by atoms with Gasteiger partial charge < -0.3 is 18.8 Å². The Hall–Kier alpha value is -1.89. The molecule has 0 saturated carbocycles. The number of rotatable bonds is 7. The van der Waals surface area contributed by atoms with Crippen LogP contribution in [0.15, 0.2) is 36.8 Å². The molecular weight excluding hydrogens is 342 g/mol. The number of hydrogen-bond acceptors (Lipinski definition) is 5. The highest BCUT2D eigenvalue weighted by molar-refractivity contribution is 5.33. The lowest BCUT2D eigenvalue weighted by Crippen LogP contribution is -2.38. The van der Waals surface area contributed by atoms with Gasteiger partial charge in [-0.25, -0.2) is 4.98 Å². The van der Waals surface area contributed by atoms with Gasteiger partial charge in [-0.05, 0) is 24.8 Å². The lowest BCUT2D eigenvalue weighted by molar-refractivity contribution is 0.00515. The van der Waals surface area contributed by atoms with Crippen molar-refractivity contribution in [1.29, 1.82) is 0 Å². The molecule has 0 radical (unpaired) electrons. The van der Waals surface area contributed by atoms with Gasteiger partial charge >= 0.3 is 0 Å². The van der Waals surface area contributed by atoms with Gasteiger partial charge in [-0.3, -0.25) is 4.90 Å². The first kappa shape index (κ1) is 18.5. The Balaban J connectivity index is 1.38. The fraction of sp³-hybridized carbons (Fsp3) is 0.571. The second kappa shape index (κ2) is 8.87. The van der Waals surface area contributed by atoms with Crippen LogP contribution in [0.4, 0.5) is 0 Å². The summed E-state index contributed by atoms with van der Waals surface area (Å²) in [5.74, 6) is 1.58. The SMILES string of the molecule is COc1ccccc1CN1Cc2cncn2C(COCC2CCOCC2)C1. The molecule has 0 aliphatic carbocycles. The largest absolute Gasteiger partial charge is 0.496 e. The molecule has 6 nitrogen and oxygen atoms in total. The van der Waals surface area contributed by atoms with E-state index in [-0.39, 0.29) is 0 Å². The Kier molecular flexibility index (Phi) is 6.07. The van der Waals surface area contributed by atoms with Crippen LogP contribution < -0.4 is 4.74 Å². The summed E-state index contributed by atoms with van der Waals surface area (Å²) < 4.78 is 19.4. The highest BCUT2D eigenvalue weighted by Crippen LogP contribution is 2.26. The molecule has 1 saturated heterocycles. The lowest BCUT2D eigenvalue weighted by atomic mass is 10.0. The standard InChI is InChI=1S/C21H29N3O3/c1-25-21-5-3-2-4-18(21)11-23-12-19-10-22-16-24(19)20(13-23)15-27-14-17-6-8-26-9-7-17/h2-5,10,16-17,20H,6-9,11-15H2,1H3. The number of hydrogen-bond donors (Lipinski definition) is 0. The minimum absolute atomic E-state index is 0.297. The van der Waals surface area contributed by atoms with Gasteiger partial charge in [0.1, 0.15) is 5.75 Å². The van der Waals surface area contributed by atoms with Gasteiger partial charge in [0.2, 0.25) is 0 Å². The Morgan fingerprint density at radius 3 is 2.89 bits per heavy atom. The summed E-state index contributed by atoms with van der Waals surface area (Å²) in [7, 11) is 1.73. The number of fused-ring (bicyclic) bond motifs is 1. The smallest absolute Gasteiger partial charge is 0.123 e. The molecule has 0 spiro atoms. The number of ether oxygens (including phenoxy) is 3. The number of methoxy groups -OCH3 is 1. The van der Waals surface area contributed by atoms with E-state index in [4.69, 9.17) is 14.2 Å². The summed E-state index contributed by atoms with van der Waals surface area (Å²) in [5.41, 5.74) is 2.46. The quantitative estimate of drug-likeness (QED) is 0.749. The molecule has 2 aliphatic rings. The van der Waals surface area contributed by atoms with Crippen LogP contribution in [0.2, 0.25) is 0 Å². The van der Waals surface area contributed by atoms with Crippen LogP contribution in [-0.2, 0) is 22.6 Å². The van der Waals surface area contributed by atoms with Gasteiger partial charge in [0.15, 0.2) is 0 Å².